The Hall–Kier alpha value is -1.61. The standard InChI is InChI=1S/C15H19NO2/c17-15(18)14(12-7-3-1-4-8-12)11-16-13-9-5-2-6-10-13/h1-5,7-8,13-14,16H,6,9-11H2,(H,17,18). The largest absolute Gasteiger partial charge is 0.481 e. The van der Waals surface area contributed by atoms with Crippen molar-refractivity contribution in [2.75, 3.05) is 6.54 Å². The number of benzene rings is 1. The molecule has 2 atom stereocenters. The number of rotatable bonds is 5. The Balaban J connectivity index is 1.95. The van der Waals surface area contributed by atoms with Crippen molar-refractivity contribution < 1.29 is 9.90 Å². The maximum absolute atomic E-state index is 11.3. The Bertz CT molecular complexity index is 414. The van der Waals surface area contributed by atoms with Crippen LogP contribution in [-0.2, 0) is 4.79 Å². The fourth-order valence-corrected chi connectivity index (χ4v) is 2.30. The molecule has 0 radical (unpaired) electrons. The molecule has 0 heterocycles. The second-order valence-corrected chi connectivity index (χ2v) is 4.69. The van der Waals surface area contributed by atoms with Gasteiger partial charge in [-0.05, 0) is 24.8 Å². The van der Waals surface area contributed by atoms with Gasteiger partial charge in [0.15, 0.2) is 0 Å². The minimum absolute atomic E-state index is 0.417. The van der Waals surface area contributed by atoms with Crippen molar-refractivity contribution in [2.24, 2.45) is 0 Å². The molecule has 3 heteroatoms. The first-order valence-electron chi connectivity index (χ1n) is 6.43. The number of carboxylic acid groups (broad SMARTS) is 1. The Morgan fingerprint density at radius 3 is 2.72 bits per heavy atom. The highest BCUT2D eigenvalue weighted by atomic mass is 16.4. The summed E-state index contributed by atoms with van der Waals surface area (Å²) in [7, 11) is 0. The van der Waals surface area contributed by atoms with Crippen LogP contribution in [0, 0.1) is 0 Å². The van der Waals surface area contributed by atoms with Crippen LogP contribution in [0.1, 0.15) is 30.7 Å². The van der Waals surface area contributed by atoms with Crippen molar-refractivity contribution in [2.45, 2.75) is 31.2 Å². The first-order chi connectivity index (χ1) is 8.77. The molecule has 1 aromatic rings. The van der Waals surface area contributed by atoms with Gasteiger partial charge in [0.25, 0.3) is 0 Å². The summed E-state index contributed by atoms with van der Waals surface area (Å²) in [6, 6.07) is 9.84. The summed E-state index contributed by atoms with van der Waals surface area (Å²) in [5, 5.41) is 12.7. The molecule has 0 aromatic heterocycles. The molecule has 2 N–H and O–H groups in total. The predicted octanol–water partition coefficient (Wildman–Crippen LogP) is 2.55. The van der Waals surface area contributed by atoms with E-state index in [0.29, 0.717) is 12.6 Å². The summed E-state index contributed by atoms with van der Waals surface area (Å²) in [5.41, 5.74) is 0.865. The molecule has 0 amide bonds. The molecular weight excluding hydrogens is 226 g/mol. The third kappa shape index (κ3) is 3.44. The summed E-state index contributed by atoms with van der Waals surface area (Å²) in [5.74, 6) is -1.22. The van der Waals surface area contributed by atoms with E-state index in [-0.39, 0.29) is 0 Å². The maximum atomic E-state index is 11.3. The third-order valence-electron chi connectivity index (χ3n) is 3.38. The number of carboxylic acids is 1. The first-order valence-corrected chi connectivity index (χ1v) is 6.43. The third-order valence-corrected chi connectivity index (χ3v) is 3.38. The molecule has 0 saturated heterocycles. The molecule has 0 bridgehead atoms. The van der Waals surface area contributed by atoms with Gasteiger partial charge in [0.1, 0.15) is 0 Å². The van der Waals surface area contributed by atoms with Gasteiger partial charge in [-0.3, -0.25) is 4.79 Å². The lowest BCUT2D eigenvalue weighted by molar-refractivity contribution is -0.138. The second kappa shape index (κ2) is 6.36. The lowest BCUT2D eigenvalue weighted by atomic mass is 9.97. The molecule has 0 spiro atoms. The Morgan fingerprint density at radius 1 is 1.33 bits per heavy atom. The van der Waals surface area contributed by atoms with Crippen LogP contribution in [-0.4, -0.2) is 23.7 Å². The summed E-state index contributed by atoms with van der Waals surface area (Å²) >= 11 is 0. The summed E-state index contributed by atoms with van der Waals surface area (Å²) in [4.78, 5) is 11.3. The van der Waals surface area contributed by atoms with E-state index >= 15 is 0 Å². The van der Waals surface area contributed by atoms with E-state index < -0.39 is 11.9 Å². The molecule has 1 aromatic carbocycles. The van der Waals surface area contributed by atoms with Crippen molar-refractivity contribution >= 4 is 5.97 Å². The molecule has 0 saturated carbocycles. The number of hydrogen-bond acceptors (Lipinski definition) is 2. The summed E-state index contributed by atoms with van der Waals surface area (Å²) < 4.78 is 0. The van der Waals surface area contributed by atoms with Crippen LogP contribution in [0.5, 0.6) is 0 Å². The molecule has 3 nitrogen and oxygen atoms in total. The number of aliphatic carboxylic acids is 1. The number of allylic oxidation sites excluding steroid dienone is 1. The van der Waals surface area contributed by atoms with E-state index in [4.69, 9.17) is 0 Å². The van der Waals surface area contributed by atoms with Gasteiger partial charge >= 0.3 is 5.97 Å². The van der Waals surface area contributed by atoms with Gasteiger partial charge in [0.05, 0.1) is 5.92 Å². The molecule has 2 unspecified atom stereocenters. The zero-order valence-electron chi connectivity index (χ0n) is 10.4. The Labute approximate surface area is 108 Å². The molecular formula is C15H19NO2. The van der Waals surface area contributed by atoms with Crippen molar-refractivity contribution in [3.63, 3.8) is 0 Å². The van der Waals surface area contributed by atoms with Crippen LogP contribution in [0.3, 0.4) is 0 Å². The molecule has 1 aliphatic rings. The normalized spacial score (nSPS) is 20.6. The average Bonchev–Trinajstić information content (AvgIpc) is 2.41. The molecule has 1 aliphatic carbocycles. The SMILES string of the molecule is O=C(O)C(CNC1CC=CCC1)c1ccccc1. The van der Waals surface area contributed by atoms with Crippen molar-refractivity contribution in [1.29, 1.82) is 0 Å². The molecule has 18 heavy (non-hydrogen) atoms. The monoisotopic (exact) mass is 245 g/mol. The molecule has 2 rings (SSSR count). The fourth-order valence-electron chi connectivity index (χ4n) is 2.30. The van der Waals surface area contributed by atoms with Gasteiger partial charge in [-0.25, -0.2) is 0 Å². The molecule has 0 aliphatic heterocycles. The van der Waals surface area contributed by atoms with Gasteiger partial charge in [-0.15, -0.1) is 0 Å². The van der Waals surface area contributed by atoms with Gasteiger partial charge < -0.3 is 10.4 Å². The van der Waals surface area contributed by atoms with E-state index in [9.17, 15) is 9.90 Å². The van der Waals surface area contributed by atoms with Crippen LogP contribution in [0.25, 0.3) is 0 Å². The summed E-state index contributed by atoms with van der Waals surface area (Å²) in [6.07, 6.45) is 7.53. The lowest BCUT2D eigenvalue weighted by Crippen LogP contribution is -2.35. The Morgan fingerprint density at radius 2 is 2.11 bits per heavy atom. The lowest BCUT2D eigenvalue weighted by Gasteiger charge is -2.22. The number of nitrogens with one attached hydrogen (secondary N) is 1. The highest BCUT2D eigenvalue weighted by molar-refractivity contribution is 5.76. The summed E-state index contributed by atoms with van der Waals surface area (Å²) in [6.45, 7) is 0.498. The number of carbonyl (C=O) groups is 1. The van der Waals surface area contributed by atoms with E-state index in [1.165, 1.54) is 0 Å². The van der Waals surface area contributed by atoms with Crippen molar-refractivity contribution in [3.8, 4) is 0 Å². The zero-order chi connectivity index (χ0) is 12.8. The zero-order valence-corrected chi connectivity index (χ0v) is 10.4. The van der Waals surface area contributed by atoms with Crippen LogP contribution in [0.4, 0.5) is 0 Å². The quantitative estimate of drug-likeness (QED) is 0.784. The van der Waals surface area contributed by atoms with Crippen LogP contribution in [0.2, 0.25) is 0 Å². The maximum Gasteiger partial charge on any atom is 0.312 e. The van der Waals surface area contributed by atoms with Crippen molar-refractivity contribution in [1.82, 2.24) is 5.32 Å². The van der Waals surface area contributed by atoms with E-state index in [1.54, 1.807) is 0 Å². The van der Waals surface area contributed by atoms with E-state index in [2.05, 4.69) is 17.5 Å². The van der Waals surface area contributed by atoms with E-state index in [0.717, 1.165) is 24.8 Å². The Kier molecular flexibility index (Phi) is 4.53. The fraction of sp³-hybridized carbons (Fsp3) is 0.400. The highest BCUT2D eigenvalue weighted by Crippen LogP contribution is 2.17. The van der Waals surface area contributed by atoms with E-state index in [1.807, 2.05) is 30.3 Å². The minimum atomic E-state index is -0.764. The topological polar surface area (TPSA) is 49.3 Å². The molecule has 96 valence electrons. The van der Waals surface area contributed by atoms with Gasteiger partial charge in [-0.2, -0.15) is 0 Å². The van der Waals surface area contributed by atoms with Crippen molar-refractivity contribution in [3.05, 3.63) is 48.0 Å². The predicted molar refractivity (Wildman–Crippen MR) is 71.6 cm³/mol. The second-order valence-electron chi connectivity index (χ2n) is 4.69. The van der Waals surface area contributed by atoms with Crippen LogP contribution < -0.4 is 5.32 Å². The van der Waals surface area contributed by atoms with Crippen LogP contribution in [0.15, 0.2) is 42.5 Å². The minimum Gasteiger partial charge on any atom is -0.481 e. The van der Waals surface area contributed by atoms with Gasteiger partial charge in [-0.1, -0.05) is 42.5 Å². The smallest absolute Gasteiger partial charge is 0.312 e. The average molecular weight is 245 g/mol. The highest BCUT2D eigenvalue weighted by Gasteiger charge is 2.20. The van der Waals surface area contributed by atoms with Gasteiger partial charge in [0.2, 0.25) is 0 Å². The number of hydrogen-bond donors (Lipinski definition) is 2. The molecule has 0 fully saturated rings. The van der Waals surface area contributed by atoms with Crippen LogP contribution >= 0.6 is 0 Å². The van der Waals surface area contributed by atoms with Gasteiger partial charge in [0, 0.05) is 12.6 Å². The first kappa shape index (κ1) is 12.8.